The van der Waals surface area contributed by atoms with Crippen molar-refractivity contribution in [1.29, 1.82) is 5.26 Å². The number of benzene rings is 2. The molecule has 4 aromatic rings. The van der Waals surface area contributed by atoms with E-state index >= 15 is 0 Å². The molecule has 1 atom stereocenters. The van der Waals surface area contributed by atoms with Crippen LogP contribution in [0.25, 0.3) is 16.6 Å². The fourth-order valence-corrected chi connectivity index (χ4v) is 4.57. The molecular weight excluding hydrogens is 478 g/mol. The highest BCUT2D eigenvalue weighted by atomic mass is 19.4. The summed E-state index contributed by atoms with van der Waals surface area (Å²) in [4.78, 5) is 27.9. The Morgan fingerprint density at radius 1 is 1.14 bits per heavy atom. The zero-order chi connectivity index (χ0) is 25.6. The van der Waals surface area contributed by atoms with Crippen molar-refractivity contribution in [3.05, 3.63) is 81.9 Å². The third-order valence-electron chi connectivity index (χ3n) is 6.09. The fourth-order valence-electron chi connectivity index (χ4n) is 4.57. The standard InChI is InChI=1S/C24H17F4N7O/c25-13-4-1-5-14(10-13)35-22(33-17-7-2-6-16(24(26,27)28)19(17)23(35)36)18-8-3-9-34(18)21-15(11-29)20(30)31-12-32-21/h1-2,4-7,10,12,18H,3,8-9H2,(H2,30,31,32)/t18-/m0/s1. The molecule has 0 radical (unpaired) electrons. The van der Waals surface area contributed by atoms with E-state index in [4.69, 9.17) is 5.73 Å². The first-order valence-corrected chi connectivity index (χ1v) is 10.9. The number of hydrogen-bond donors (Lipinski definition) is 1. The first-order chi connectivity index (χ1) is 17.2. The third-order valence-corrected chi connectivity index (χ3v) is 6.09. The topological polar surface area (TPSA) is 114 Å². The SMILES string of the molecule is N#Cc1c(N)ncnc1N1CCC[C@H]1c1nc2cccc(C(F)(F)F)c2c(=O)n1-c1cccc(F)c1. The smallest absolute Gasteiger partial charge is 0.382 e. The van der Waals surface area contributed by atoms with Crippen LogP contribution in [0.2, 0.25) is 0 Å². The van der Waals surface area contributed by atoms with Crippen LogP contribution in [0.1, 0.15) is 35.8 Å². The van der Waals surface area contributed by atoms with Gasteiger partial charge in [-0.25, -0.2) is 19.3 Å². The number of nitrogens with zero attached hydrogens (tertiary/aromatic N) is 6. The van der Waals surface area contributed by atoms with Gasteiger partial charge in [0.2, 0.25) is 0 Å². The number of anilines is 2. The number of halogens is 4. The molecule has 8 nitrogen and oxygen atoms in total. The second-order valence-electron chi connectivity index (χ2n) is 8.21. The Labute approximate surface area is 201 Å². The van der Waals surface area contributed by atoms with E-state index < -0.39 is 34.5 Å². The summed E-state index contributed by atoms with van der Waals surface area (Å²) >= 11 is 0. The molecule has 1 saturated heterocycles. The van der Waals surface area contributed by atoms with Crippen molar-refractivity contribution in [3.63, 3.8) is 0 Å². The molecule has 1 aliphatic rings. The maximum atomic E-state index is 14.2. The predicted molar refractivity (Wildman–Crippen MR) is 123 cm³/mol. The highest BCUT2D eigenvalue weighted by Crippen LogP contribution is 2.38. The Hall–Kier alpha value is -4.53. The van der Waals surface area contributed by atoms with E-state index in [0.29, 0.717) is 19.4 Å². The summed E-state index contributed by atoms with van der Waals surface area (Å²) in [5.74, 6) is -0.391. The molecule has 12 heteroatoms. The number of aromatic nitrogens is 4. The summed E-state index contributed by atoms with van der Waals surface area (Å²) in [5.41, 5.74) is 3.65. The number of rotatable bonds is 3. The third kappa shape index (κ3) is 3.78. The Morgan fingerprint density at radius 3 is 2.64 bits per heavy atom. The molecule has 36 heavy (non-hydrogen) atoms. The van der Waals surface area contributed by atoms with E-state index in [9.17, 15) is 27.6 Å². The van der Waals surface area contributed by atoms with Crippen LogP contribution < -0.4 is 16.2 Å². The molecule has 1 fully saturated rings. The largest absolute Gasteiger partial charge is 0.417 e. The van der Waals surface area contributed by atoms with Gasteiger partial charge in [-0.1, -0.05) is 12.1 Å². The van der Waals surface area contributed by atoms with Gasteiger partial charge in [0.05, 0.1) is 28.2 Å². The number of nitriles is 1. The van der Waals surface area contributed by atoms with Crippen LogP contribution >= 0.6 is 0 Å². The zero-order valence-electron chi connectivity index (χ0n) is 18.5. The first kappa shape index (κ1) is 23.2. The number of fused-ring (bicyclic) bond motifs is 1. The average molecular weight is 495 g/mol. The lowest BCUT2D eigenvalue weighted by molar-refractivity contribution is -0.136. The van der Waals surface area contributed by atoms with Gasteiger partial charge >= 0.3 is 6.18 Å². The number of nitrogen functional groups attached to an aromatic ring is 1. The minimum Gasteiger partial charge on any atom is -0.382 e. The molecule has 2 aromatic heterocycles. The molecule has 0 aliphatic carbocycles. The summed E-state index contributed by atoms with van der Waals surface area (Å²) < 4.78 is 56.6. The normalized spacial score (nSPS) is 15.9. The summed E-state index contributed by atoms with van der Waals surface area (Å²) in [6.07, 6.45) is -2.55. The Balaban J connectivity index is 1.82. The van der Waals surface area contributed by atoms with Crippen LogP contribution in [0.4, 0.5) is 29.2 Å². The van der Waals surface area contributed by atoms with Crippen LogP contribution in [-0.2, 0) is 6.18 Å². The molecule has 0 bridgehead atoms. The first-order valence-electron chi connectivity index (χ1n) is 10.9. The van der Waals surface area contributed by atoms with Gasteiger partial charge in [-0.15, -0.1) is 0 Å². The number of hydrogen-bond acceptors (Lipinski definition) is 7. The lowest BCUT2D eigenvalue weighted by Gasteiger charge is -2.28. The molecule has 0 unspecified atom stereocenters. The molecule has 3 heterocycles. The molecule has 2 aromatic carbocycles. The van der Waals surface area contributed by atoms with E-state index in [0.717, 1.165) is 22.8 Å². The Bertz CT molecular complexity index is 1590. The lowest BCUT2D eigenvalue weighted by Crippen LogP contribution is -2.33. The summed E-state index contributed by atoms with van der Waals surface area (Å²) in [6, 6.07) is 9.61. The Kier molecular flexibility index (Phi) is 5.55. The molecule has 0 saturated carbocycles. The number of alkyl halides is 3. The maximum Gasteiger partial charge on any atom is 0.417 e. The van der Waals surface area contributed by atoms with E-state index in [1.54, 1.807) is 4.90 Å². The second-order valence-corrected chi connectivity index (χ2v) is 8.21. The summed E-state index contributed by atoms with van der Waals surface area (Å²) in [7, 11) is 0. The minimum atomic E-state index is -4.80. The average Bonchev–Trinajstić information content (AvgIpc) is 3.32. The zero-order valence-corrected chi connectivity index (χ0v) is 18.5. The van der Waals surface area contributed by atoms with Crippen molar-refractivity contribution < 1.29 is 17.6 Å². The molecule has 1 aliphatic heterocycles. The van der Waals surface area contributed by atoms with E-state index in [-0.39, 0.29) is 34.2 Å². The van der Waals surface area contributed by atoms with E-state index in [1.807, 2.05) is 6.07 Å². The second kappa shape index (κ2) is 8.60. The van der Waals surface area contributed by atoms with Gasteiger partial charge < -0.3 is 10.6 Å². The van der Waals surface area contributed by atoms with Crippen LogP contribution in [0.15, 0.2) is 53.6 Å². The van der Waals surface area contributed by atoms with Crippen LogP contribution in [0, 0.1) is 17.1 Å². The van der Waals surface area contributed by atoms with Gasteiger partial charge in [-0.2, -0.15) is 18.4 Å². The van der Waals surface area contributed by atoms with Crippen LogP contribution in [-0.4, -0.2) is 26.1 Å². The molecule has 182 valence electrons. The highest BCUT2D eigenvalue weighted by Gasteiger charge is 2.37. The monoisotopic (exact) mass is 495 g/mol. The quantitative estimate of drug-likeness (QED) is 0.425. The van der Waals surface area contributed by atoms with Gasteiger partial charge in [0.1, 0.15) is 35.4 Å². The molecule has 0 amide bonds. The van der Waals surface area contributed by atoms with Gasteiger partial charge in [-0.05, 0) is 43.2 Å². The predicted octanol–water partition coefficient (Wildman–Crippen LogP) is 4.13. The van der Waals surface area contributed by atoms with Gasteiger partial charge in [0.15, 0.2) is 5.82 Å². The molecule has 2 N–H and O–H groups in total. The highest BCUT2D eigenvalue weighted by molar-refractivity contribution is 5.82. The Morgan fingerprint density at radius 2 is 1.92 bits per heavy atom. The van der Waals surface area contributed by atoms with E-state index in [2.05, 4.69) is 15.0 Å². The van der Waals surface area contributed by atoms with Gasteiger partial charge in [0.25, 0.3) is 5.56 Å². The summed E-state index contributed by atoms with van der Waals surface area (Å²) in [6.45, 7) is 0.412. The van der Waals surface area contributed by atoms with Crippen molar-refractivity contribution >= 4 is 22.5 Å². The van der Waals surface area contributed by atoms with E-state index in [1.165, 1.54) is 30.6 Å². The van der Waals surface area contributed by atoms with Crippen molar-refractivity contribution in [2.45, 2.75) is 25.1 Å². The van der Waals surface area contributed by atoms with Crippen molar-refractivity contribution in [2.75, 3.05) is 17.2 Å². The van der Waals surface area contributed by atoms with Gasteiger partial charge in [-0.3, -0.25) is 9.36 Å². The molecule has 5 rings (SSSR count). The fraction of sp³-hybridized carbons (Fsp3) is 0.208. The molecule has 0 spiro atoms. The summed E-state index contributed by atoms with van der Waals surface area (Å²) in [5, 5.41) is 9.00. The maximum absolute atomic E-state index is 14.2. The lowest BCUT2D eigenvalue weighted by atomic mass is 10.1. The minimum absolute atomic E-state index is 0.0240. The van der Waals surface area contributed by atoms with Crippen LogP contribution in [0.3, 0.4) is 0 Å². The van der Waals surface area contributed by atoms with Gasteiger partial charge in [0, 0.05) is 6.54 Å². The van der Waals surface area contributed by atoms with Crippen molar-refractivity contribution in [3.8, 4) is 11.8 Å². The van der Waals surface area contributed by atoms with Crippen LogP contribution in [0.5, 0.6) is 0 Å². The molecular formula is C24H17F4N7O. The van der Waals surface area contributed by atoms with Crippen molar-refractivity contribution in [1.82, 2.24) is 19.5 Å². The number of nitrogens with two attached hydrogens (primary N) is 1. The van der Waals surface area contributed by atoms with Crippen molar-refractivity contribution in [2.24, 2.45) is 0 Å².